The lowest BCUT2D eigenvalue weighted by Crippen LogP contribution is -2.38. The van der Waals surface area contributed by atoms with Crippen molar-refractivity contribution in [2.24, 2.45) is 11.8 Å². The summed E-state index contributed by atoms with van der Waals surface area (Å²) < 4.78 is 5.79. The third-order valence-corrected chi connectivity index (χ3v) is 6.43. The summed E-state index contributed by atoms with van der Waals surface area (Å²) in [5, 5.41) is 20.8. The zero-order valence-corrected chi connectivity index (χ0v) is 15.7. The molecule has 140 valence electrons. The number of rotatable bonds is 2. The molecule has 26 heavy (non-hydrogen) atoms. The number of nitrogens with zero attached hydrogens (tertiary/aromatic N) is 1. The van der Waals surface area contributed by atoms with E-state index >= 15 is 0 Å². The minimum atomic E-state index is -0.655. The molecule has 1 aromatic heterocycles. The van der Waals surface area contributed by atoms with Crippen molar-refractivity contribution in [3.63, 3.8) is 0 Å². The van der Waals surface area contributed by atoms with E-state index in [1.165, 1.54) is 5.56 Å². The Bertz CT molecular complexity index is 837. The average molecular weight is 357 g/mol. The fraction of sp³-hybridized carbons (Fsp3) is 0.571. The summed E-state index contributed by atoms with van der Waals surface area (Å²) >= 11 is 0. The first-order valence-corrected chi connectivity index (χ1v) is 9.46. The molecule has 0 radical (unpaired) electrons. The van der Waals surface area contributed by atoms with Crippen LogP contribution in [0.1, 0.15) is 35.1 Å². The van der Waals surface area contributed by atoms with Gasteiger partial charge < -0.3 is 19.5 Å². The van der Waals surface area contributed by atoms with Crippen LogP contribution in [0.5, 0.6) is 0 Å². The number of furan rings is 1. The van der Waals surface area contributed by atoms with E-state index in [0.717, 1.165) is 27.7 Å². The Balaban J connectivity index is 1.53. The zero-order valence-electron chi connectivity index (χ0n) is 15.7. The van der Waals surface area contributed by atoms with E-state index in [1.54, 1.807) is 6.26 Å². The van der Waals surface area contributed by atoms with E-state index in [0.29, 0.717) is 44.2 Å². The molecule has 1 aromatic carbocycles. The number of carbonyl (C=O) groups is 1. The maximum absolute atomic E-state index is 12.9. The number of amides is 1. The van der Waals surface area contributed by atoms with Gasteiger partial charge in [0, 0.05) is 24.0 Å². The highest BCUT2D eigenvalue weighted by Gasteiger charge is 2.42. The van der Waals surface area contributed by atoms with E-state index < -0.39 is 12.2 Å². The molecule has 2 heterocycles. The van der Waals surface area contributed by atoms with Gasteiger partial charge in [0.2, 0.25) is 5.91 Å². The summed E-state index contributed by atoms with van der Waals surface area (Å²) in [4.78, 5) is 14.8. The molecule has 0 spiro atoms. The summed E-state index contributed by atoms with van der Waals surface area (Å²) in [5.74, 6) is 0.693. The molecular formula is C21H27NO4. The second-order valence-corrected chi connectivity index (χ2v) is 8.20. The smallest absolute Gasteiger partial charge is 0.227 e. The number of aliphatic hydroxyl groups excluding tert-OH is 2. The molecule has 1 saturated carbocycles. The minimum Gasteiger partial charge on any atom is -0.464 e. The molecule has 0 bridgehead atoms. The molecule has 1 aliphatic heterocycles. The van der Waals surface area contributed by atoms with Crippen molar-refractivity contribution in [3.05, 3.63) is 34.6 Å². The SMILES string of the molecule is Cc1cc(C)c2c(CC(=O)N3C[C@H]4C[C@H](O)[C@@H](O)C[C@H]4C3)coc2c1C. The Kier molecular flexibility index (Phi) is 4.32. The van der Waals surface area contributed by atoms with Gasteiger partial charge in [-0.25, -0.2) is 0 Å². The second kappa shape index (κ2) is 6.39. The molecule has 2 fully saturated rings. The molecule has 4 atom stereocenters. The Labute approximate surface area is 153 Å². The van der Waals surface area contributed by atoms with Crippen LogP contribution in [0.3, 0.4) is 0 Å². The van der Waals surface area contributed by atoms with Crippen LogP contribution in [-0.2, 0) is 11.2 Å². The molecule has 2 aliphatic rings. The first-order valence-electron chi connectivity index (χ1n) is 9.46. The standard InChI is InChI=1S/C21H27NO4/c1-11-4-12(2)20-16(10-26-21(20)13(11)3)7-19(25)22-8-14-5-17(23)18(24)6-15(14)9-22/h4,10,14-15,17-18,23-24H,5-9H2,1-3H3/t14-,15+,17-,18-/m0/s1. The molecule has 5 nitrogen and oxygen atoms in total. The lowest BCUT2D eigenvalue weighted by atomic mass is 9.79. The van der Waals surface area contributed by atoms with Crippen LogP contribution >= 0.6 is 0 Å². The first kappa shape index (κ1) is 17.6. The summed E-state index contributed by atoms with van der Waals surface area (Å²) in [6, 6.07) is 2.15. The zero-order chi connectivity index (χ0) is 18.6. The molecule has 2 N–H and O–H groups in total. The van der Waals surface area contributed by atoms with Gasteiger partial charge in [-0.2, -0.15) is 0 Å². The topological polar surface area (TPSA) is 73.9 Å². The quantitative estimate of drug-likeness (QED) is 0.866. The van der Waals surface area contributed by atoms with Crippen molar-refractivity contribution < 1.29 is 19.4 Å². The molecule has 1 amide bonds. The average Bonchev–Trinajstić information content (AvgIpc) is 3.18. The fourth-order valence-corrected chi connectivity index (χ4v) is 4.80. The van der Waals surface area contributed by atoms with Crippen LogP contribution in [0.2, 0.25) is 0 Å². The Hall–Kier alpha value is -1.85. The van der Waals surface area contributed by atoms with Gasteiger partial charge in [-0.05, 0) is 62.1 Å². The maximum Gasteiger partial charge on any atom is 0.227 e. The van der Waals surface area contributed by atoms with Gasteiger partial charge in [-0.3, -0.25) is 4.79 Å². The normalized spacial score (nSPS) is 28.6. The van der Waals surface area contributed by atoms with E-state index in [-0.39, 0.29) is 5.91 Å². The highest BCUT2D eigenvalue weighted by atomic mass is 16.3. The molecule has 0 unspecified atom stereocenters. The largest absolute Gasteiger partial charge is 0.464 e. The summed E-state index contributed by atoms with van der Waals surface area (Å²) in [6.07, 6.45) is 1.92. The number of hydrogen-bond donors (Lipinski definition) is 2. The van der Waals surface area contributed by atoms with E-state index in [2.05, 4.69) is 19.9 Å². The third-order valence-electron chi connectivity index (χ3n) is 6.43. The number of carbonyl (C=O) groups excluding carboxylic acids is 1. The molecule has 1 aliphatic carbocycles. The van der Waals surface area contributed by atoms with E-state index in [9.17, 15) is 15.0 Å². The molecule has 1 saturated heterocycles. The molecule has 4 rings (SSSR count). The van der Waals surface area contributed by atoms with Gasteiger partial charge in [0.05, 0.1) is 24.9 Å². The van der Waals surface area contributed by atoms with Crippen molar-refractivity contribution in [1.29, 1.82) is 0 Å². The third kappa shape index (κ3) is 2.83. The monoisotopic (exact) mass is 357 g/mol. The van der Waals surface area contributed by atoms with Crippen molar-refractivity contribution in [2.75, 3.05) is 13.1 Å². The number of aliphatic hydroxyl groups is 2. The van der Waals surface area contributed by atoms with Crippen molar-refractivity contribution >= 4 is 16.9 Å². The maximum atomic E-state index is 12.9. The van der Waals surface area contributed by atoms with Crippen molar-refractivity contribution in [1.82, 2.24) is 4.90 Å². The van der Waals surface area contributed by atoms with Gasteiger partial charge in [0.1, 0.15) is 5.58 Å². The van der Waals surface area contributed by atoms with Crippen molar-refractivity contribution in [2.45, 2.75) is 52.2 Å². The van der Waals surface area contributed by atoms with Gasteiger partial charge in [0.15, 0.2) is 0 Å². The highest BCUT2D eigenvalue weighted by molar-refractivity contribution is 5.92. The van der Waals surface area contributed by atoms with Crippen molar-refractivity contribution in [3.8, 4) is 0 Å². The van der Waals surface area contributed by atoms with Gasteiger partial charge >= 0.3 is 0 Å². The Morgan fingerprint density at radius 2 is 1.73 bits per heavy atom. The predicted octanol–water partition coefficient (Wildman–Crippen LogP) is 2.49. The molecular weight excluding hydrogens is 330 g/mol. The van der Waals surface area contributed by atoms with E-state index in [4.69, 9.17) is 4.42 Å². The summed E-state index contributed by atoms with van der Waals surface area (Å²) in [5.41, 5.74) is 5.29. The Morgan fingerprint density at radius 1 is 1.12 bits per heavy atom. The van der Waals surface area contributed by atoms with E-state index in [1.807, 2.05) is 11.8 Å². The van der Waals surface area contributed by atoms with Gasteiger partial charge in [-0.1, -0.05) is 6.07 Å². The predicted molar refractivity (Wildman–Crippen MR) is 98.9 cm³/mol. The second-order valence-electron chi connectivity index (χ2n) is 8.20. The molecule has 2 aromatic rings. The first-order chi connectivity index (χ1) is 12.3. The number of aryl methyl sites for hydroxylation is 3. The fourth-order valence-electron chi connectivity index (χ4n) is 4.80. The van der Waals surface area contributed by atoms with Crippen LogP contribution in [-0.4, -0.2) is 46.3 Å². The van der Waals surface area contributed by atoms with Crippen LogP contribution in [0.4, 0.5) is 0 Å². The number of hydrogen-bond acceptors (Lipinski definition) is 4. The molecule has 5 heteroatoms. The minimum absolute atomic E-state index is 0.101. The Morgan fingerprint density at radius 3 is 2.35 bits per heavy atom. The van der Waals surface area contributed by atoms with Crippen LogP contribution in [0.15, 0.2) is 16.7 Å². The summed E-state index contributed by atoms with van der Waals surface area (Å²) in [7, 11) is 0. The lowest BCUT2D eigenvalue weighted by Gasteiger charge is -2.31. The number of benzene rings is 1. The van der Waals surface area contributed by atoms with Crippen LogP contribution in [0.25, 0.3) is 11.0 Å². The summed E-state index contributed by atoms with van der Waals surface area (Å²) in [6.45, 7) is 7.55. The highest BCUT2D eigenvalue weighted by Crippen LogP contribution is 2.37. The van der Waals surface area contributed by atoms with Gasteiger partial charge in [-0.15, -0.1) is 0 Å². The van der Waals surface area contributed by atoms with Gasteiger partial charge in [0.25, 0.3) is 0 Å². The number of fused-ring (bicyclic) bond motifs is 2. The van der Waals surface area contributed by atoms with Crippen LogP contribution in [0, 0.1) is 32.6 Å². The number of likely N-dealkylation sites (tertiary alicyclic amines) is 1. The van der Waals surface area contributed by atoms with Crippen LogP contribution < -0.4 is 0 Å². The lowest BCUT2D eigenvalue weighted by molar-refractivity contribution is -0.129.